The molecule has 0 fully saturated rings. The molecule has 0 radical (unpaired) electrons. The standard InChI is InChI=1S/C18H32O2/c1-17-13-11-9-7-5-3-2-4-6-8-10-12-14-18(15-17)20-16-19/h13,16,18H,2-12,14-15H2,1H3/b17-13-. The molecule has 0 saturated heterocycles. The minimum absolute atomic E-state index is 0.0941. The van der Waals surface area contributed by atoms with Gasteiger partial charge in [-0.25, -0.2) is 0 Å². The molecule has 0 aromatic rings. The predicted molar refractivity (Wildman–Crippen MR) is 84.7 cm³/mol. The first-order valence-electron chi connectivity index (χ1n) is 8.57. The highest BCUT2D eigenvalue weighted by molar-refractivity contribution is 5.37. The first kappa shape index (κ1) is 17.3. The van der Waals surface area contributed by atoms with Crippen LogP contribution in [0.25, 0.3) is 0 Å². The summed E-state index contributed by atoms with van der Waals surface area (Å²) in [5, 5.41) is 0. The maximum atomic E-state index is 10.6. The Kier molecular flexibility index (Phi) is 10.3. The second kappa shape index (κ2) is 12.0. The van der Waals surface area contributed by atoms with Crippen molar-refractivity contribution in [2.45, 2.75) is 96.5 Å². The third kappa shape index (κ3) is 9.17. The van der Waals surface area contributed by atoms with E-state index in [9.17, 15) is 4.79 Å². The fourth-order valence-corrected chi connectivity index (χ4v) is 3.02. The molecule has 1 atom stereocenters. The molecule has 0 aromatic heterocycles. The fraction of sp³-hybridized carbons (Fsp3) is 0.833. The van der Waals surface area contributed by atoms with Crippen molar-refractivity contribution in [1.29, 1.82) is 0 Å². The molecule has 116 valence electrons. The Hall–Kier alpha value is -0.790. The molecule has 1 unspecified atom stereocenters. The van der Waals surface area contributed by atoms with E-state index in [-0.39, 0.29) is 6.10 Å². The summed E-state index contributed by atoms with van der Waals surface area (Å²) in [4.78, 5) is 10.6. The molecule has 0 heterocycles. The van der Waals surface area contributed by atoms with E-state index < -0.39 is 0 Å². The van der Waals surface area contributed by atoms with Crippen LogP contribution in [-0.4, -0.2) is 12.6 Å². The van der Waals surface area contributed by atoms with Gasteiger partial charge in [0, 0.05) is 6.42 Å². The summed E-state index contributed by atoms with van der Waals surface area (Å²) < 4.78 is 5.24. The molecule has 1 rings (SSSR count). The zero-order valence-corrected chi connectivity index (χ0v) is 13.2. The van der Waals surface area contributed by atoms with E-state index >= 15 is 0 Å². The summed E-state index contributed by atoms with van der Waals surface area (Å²) in [7, 11) is 0. The third-order valence-electron chi connectivity index (χ3n) is 4.27. The van der Waals surface area contributed by atoms with Crippen molar-refractivity contribution in [3.63, 3.8) is 0 Å². The van der Waals surface area contributed by atoms with Gasteiger partial charge in [-0.1, -0.05) is 63.0 Å². The molecule has 0 saturated carbocycles. The van der Waals surface area contributed by atoms with Gasteiger partial charge in [-0.3, -0.25) is 4.79 Å². The number of rotatable bonds is 2. The van der Waals surface area contributed by atoms with Gasteiger partial charge in [-0.2, -0.15) is 0 Å². The smallest absolute Gasteiger partial charge is 0.293 e. The lowest BCUT2D eigenvalue weighted by Gasteiger charge is -2.15. The van der Waals surface area contributed by atoms with Crippen LogP contribution in [0.4, 0.5) is 0 Å². The largest absolute Gasteiger partial charge is 0.464 e. The van der Waals surface area contributed by atoms with Gasteiger partial charge in [0.25, 0.3) is 6.47 Å². The van der Waals surface area contributed by atoms with Gasteiger partial charge in [-0.05, 0) is 32.6 Å². The third-order valence-corrected chi connectivity index (χ3v) is 4.27. The minimum atomic E-state index is 0.0941. The Bertz CT molecular complexity index is 271. The van der Waals surface area contributed by atoms with Crippen LogP contribution in [0.3, 0.4) is 0 Å². The lowest BCUT2D eigenvalue weighted by Crippen LogP contribution is -2.12. The van der Waals surface area contributed by atoms with Crippen LogP contribution in [0.15, 0.2) is 11.6 Å². The molecule has 20 heavy (non-hydrogen) atoms. The summed E-state index contributed by atoms with van der Waals surface area (Å²) >= 11 is 0. The highest BCUT2D eigenvalue weighted by Crippen LogP contribution is 2.18. The Labute approximate surface area is 125 Å². The summed E-state index contributed by atoms with van der Waals surface area (Å²) in [6.07, 6.45) is 19.0. The average Bonchev–Trinajstić information content (AvgIpc) is 2.42. The molecule has 0 bridgehead atoms. The van der Waals surface area contributed by atoms with Crippen molar-refractivity contribution in [2.24, 2.45) is 0 Å². The quantitative estimate of drug-likeness (QED) is 0.489. The first-order chi connectivity index (χ1) is 9.83. The van der Waals surface area contributed by atoms with Gasteiger partial charge in [0.1, 0.15) is 6.10 Å². The van der Waals surface area contributed by atoms with E-state index in [1.54, 1.807) is 0 Å². The lowest BCUT2D eigenvalue weighted by atomic mass is 9.99. The van der Waals surface area contributed by atoms with Crippen LogP contribution in [0, 0.1) is 0 Å². The number of carbonyl (C=O) groups excluding carboxylic acids is 1. The van der Waals surface area contributed by atoms with E-state index in [2.05, 4.69) is 13.0 Å². The summed E-state index contributed by atoms with van der Waals surface area (Å²) in [5.74, 6) is 0. The van der Waals surface area contributed by atoms with Gasteiger partial charge in [0.05, 0.1) is 0 Å². The molecular formula is C18H32O2. The molecule has 0 spiro atoms. The van der Waals surface area contributed by atoms with E-state index in [4.69, 9.17) is 4.74 Å². The van der Waals surface area contributed by atoms with Gasteiger partial charge >= 0.3 is 0 Å². The monoisotopic (exact) mass is 280 g/mol. The zero-order valence-electron chi connectivity index (χ0n) is 13.2. The van der Waals surface area contributed by atoms with Crippen molar-refractivity contribution in [2.75, 3.05) is 0 Å². The molecule has 0 aliphatic heterocycles. The Morgan fingerprint density at radius 3 is 2.10 bits per heavy atom. The Morgan fingerprint density at radius 1 is 0.950 bits per heavy atom. The first-order valence-corrected chi connectivity index (χ1v) is 8.57. The van der Waals surface area contributed by atoms with Gasteiger partial charge in [-0.15, -0.1) is 0 Å². The van der Waals surface area contributed by atoms with Crippen LogP contribution in [0.2, 0.25) is 0 Å². The minimum Gasteiger partial charge on any atom is -0.464 e. The van der Waals surface area contributed by atoms with Crippen molar-refractivity contribution in [3.8, 4) is 0 Å². The van der Waals surface area contributed by atoms with E-state index in [1.807, 2.05) is 0 Å². The van der Waals surface area contributed by atoms with Crippen LogP contribution >= 0.6 is 0 Å². The highest BCUT2D eigenvalue weighted by Gasteiger charge is 2.10. The highest BCUT2D eigenvalue weighted by atomic mass is 16.5. The van der Waals surface area contributed by atoms with Gasteiger partial charge < -0.3 is 4.74 Å². The number of carbonyl (C=O) groups is 1. The van der Waals surface area contributed by atoms with E-state index in [0.29, 0.717) is 6.47 Å². The molecule has 0 aromatic carbocycles. The van der Waals surface area contributed by atoms with Crippen LogP contribution in [0.5, 0.6) is 0 Å². The molecule has 1 aliphatic rings. The number of allylic oxidation sites excluding steroid dienone is 1. The molecular weight excluding hydrogens is 248 g/mol. The summed E-state index contributed by atoms with van der Waals surface area (Å²) in [6.45, 7) is 2.79. The summed E-state index contributed by atoms with van der Waals surface area (Å²) in [5.41, 5.74) is 1.38. The van der Waals surface area contributed by atoms with E-state index in [0.717, 1.165) is 12.8 Å². The Morgan fingerprint density at radius 2 is 1.50 bits per heavy atom. The lowest BCUT2D eigenvalue weighted by molar-refractivity contribution is -0.133. The number of ether oxygens (including phenoxy) is 1. The SMILES string of the molecule is C/C1=C/CCCCCCCCCCCCC(OC=O)C1. The summed E-state index contributed by atoms with van der Waals surface area (Å²) in [6, 6.07) is 0. The van der Waals surface area contributed by atoms with Crippen LogP contribution in [0.1, 0.15) is 90.4 Å². The molecule has 0 amide bonds. The van der Waals surface area contributed by atoms with E-state index in [1.165, 1.54) is 76.2 Å². The van der Waals surface area contributed by atoms with Crippen molar-refractivity contribution in [1.82, 2.24) is 0 Å². The van der Waals surface area contributed by atoms with Crippen molar-refractivity contribution >= 4 is 6.47 Å². The van der Waals surface area contributed by atoms with Crippen LogP contribution in [-0.2, 0) is 9.53 Å². The molecule has 2 nitrogen and oxygen atoms in total. The van der Waals surface area contributed by atoms with Crippen molar-refractivity contribution in [3.05, 3.63) is 11.6 Å². The van der Waals surface area contributed by atoms with Gasteiger partial charge in [0.2, 0.25) is 0 Å². The molecule has 1 aliphatic carbocycles. The number of hydrogen-bond acceptors (Lipinski definition) is 2. The molecule has 2 heteroatoms. The number of hydrogen-bond donors (Lipinski definition) is 0. The van der Waals surface area contributed by atoms with Crippen molar-refractivity contribution < 1.29 is 9.53 Å². The van der Waals surface area contributed by atoms with Crippen LogP contribution < -0.4 is 0 Å². The Balaban J connectivity index is 2.40. The normalized spacial score (nSPS) is 27.2. The predicted octanol–water partition coefficient (Wildman–Crippen LogP) is 5.56. The maximum absolute atomic E-state index is 10.6. The second-order valence-corrected chi connectivity index (χ2v) is 6.22. The fourth-order valence-electron chi connectivity index (χ4n) is 3.02. The average molecular weight is 280 g/mol. The maximum Gasteiger partial charge on any atom is 0.293 e. The topological polar surface area (TPSA) is 26.3 Å². The second-order valence-electron chi connectivity index (χ2n) is 6.22. The zero-order chi connectivity index (χ0) is 14.5. The molecule has 0 N–H and O–H groups in total. The van der Waals surface area contributed by atoms with Gasteiger partial charge in [0.15, 0.2) is 0 Å².